The summed E-state index contributed by atoms with van der Waals surface area (Å²) < 4.78 is 34.5. The number of amides is 2. The Morgan fingerprint density at radius 2 is 1.60 bits per heavy atom. The Bertz CT molecular complexity index is 1460. The fraction of sp³-hybridized carbons (Fsp3) is 0.355. The minimum absolute atomic E-state index is 0.0233. The molecule has 0 saturated carbocycles. The number of sulfonamides is 1. The zero-order chi connectivity index (χ0) is 30.9. The number of benzene rings is 3. The fourth-order valence-corrected chi connectivity index (χ4v) is 6.10. The van der Waals surface area contributed by atoms with Crippen LogP contribution < -0.4 is 14.4 Å². The normalized spacial score (nSPS) is 12.0. The number of carbonyl (C=O) groups is 2. The zero-order valence-corrected chi connectivity index (χ0v) is 26.6. The molecule has 1 atom stereocenters. The van der Waals surface area contributed by atoms with Crippen LogP contribution in [0.2, 0.25) is 10.0 Å². The number of hydrogen-bond donors (Lipinski definition) is 1. The van der Waals surface area contributed by atoms with Crippen LogP contribution in [-0.2, 0) is 26.2 Å². The van der Waals surface area contributed by atoms with Gasteiger partial charge >= 0.3 is 0 Å². The van der Waals surface area contributed by atoms with Gasteiger partial charge in [-0.3, -0.25) is 13.9 Å². The molecule has 0 spiro atoms. The highest BCUT2D eigenvalue weighted by Crippen LogP contribution is 2.28. The third-order valence-electron chi connectivity index (χ3n) is 6.60. The van der Waals surface area contributed by atoms with Gasteiger partial charge in [-0.05, 0) is 80.8 Å². The summed E-state index contributed by atoms with van der Waals surface area (Å²) in [5.74, 6) is -0.300. The molecular weight excluding hydrogens is 597 g/mol. The average molecular weight is 635 g/mol. The van der Waals surface area contributed by atoms with Crippen molar-refractivity contribution in [3.8, 4) is 5.75 Å². The SMILES string of the molecule is CCCNC(=O)[C@@H](CC)N(Cc1ccc(Cl)c(Cl)c1)C(=O)CN(c1ccc(OCC)cc1)S(=O)(=O)c1ccc(C)cc1. The van der Waals surface area contributed by atoms with Crippen LogP contribution in [0.25, 0.3) is 0 Å². The first-order valence-electron chi connectivity index (χ1n) is 13.8. The molecule has 1 N–H and O–H groups in total. The van der Waals surface area contributed by atoms with Crippen LogP contribution in [0.3, 0.4) is 0 Å². The monoisotopic (exact) mass is 633 g/mol. The van der Waals surface area contributed by atoms with Gasteiger partial charge in [0, 0.05) is 13.1 Å². The largest absolute Gasteiger partial charge is 0.494 e. The van der Waals surface area contributed by atoms with Crippen LogP contribution in [0, 0.1) is 6.92 Å². The number of anilines is 1. The molecule has 0 aliphatic carbocycles. The van der Waals surface area contributed by atoms with E-state index in [2.05, 4.69) is 5.32 Å². The first kappa shape index (κ1) is 33.2. The molecule has 226 valence electrons. The van der Waals surface area contributed by atoms with E-state index >= 15 is 0 Å². The lowest BCUT2D eigenvalue weighted by molar-refractivity contribution is -0.140. The van der Waals surface area contributed by atoms with Crippen LogP contribution in [0.4, 0.5) is 5.69 Å². The van der Waals surface area contributed by atoms with Crippen molar-refractivity contribution in [2.45, 2.75) is 58.0 Å². The van der Waals surface area contributed by atoms with Gasteiger partial charge in [0.15, 0.2) is 0 Å². The highest BCUT2D eigenvalue weighted by molar-refractivity contribution is 7.92. The number of halogens is 2. The van der Waals surface area contributed by atoms with Gasteiger partial charge in [0.2, 0.25) is 11.8 Å². The van der Waals surface area contributed by atoms with Crippen molar-refractivity contribution in [1.82, 2.24) is 10.2 Å². The predicted molar refractivity (Wildman–Crippen MR) is 168 cm³/mol. The smallest absolute Gasteiger partial charge is 0.264 e. The fourth-order valence-electron chi connectivity index (χ4n) is 4.36. The third-order valence-corrected chi connectivity index (χ3v) is 9.12. The van der Waals surface area contributed by atoms with Crippen LogP contribution in [-0.4, -0.2) is 50.9 Å². The summed E-state index contributed by atoms with van der Waals surface area (Å²) in [6, 6.07) is 17.1. The Kier molecular flexibility index (Phi) is 12.1. The van der Waals surface area contributed by atoms with Gasteiger partial charge in [-0.2, -0.15) is 0 Å². The van der Waals surface area contributed by atoms with Gasteiger partial charge in [-0.1, -0.05) is 60.8 Å². The van der Waals surface area contributed by atoms with E-state index in [-0.39, 0.29) is 23.0 Å². The van der Waals surface area contributed by atoms with Crippen molar-refractivity contribution in [2.75, 3.05) is 24.0 Å². The molecule has 0 aromatic heterocycles. The van der Waals surface area contributed by atoms with E-state index in [1.54, 1.807) is 61.5 Å². The molecule has 0 fully saturated rings. The first-order valence-corrected chi connectivity index (χ1v) is 16.0. The number of nitrogens with zero attached hydrogens (tertiary/aromatic N) is 2. The second-order valence-electron chi connectivity index (χ2n) is 9.74. The Hall–Kier alpha value is -3.27. The predicted octanol–water partition coefficient (Wildman–Crippen LogP) is 6.23. The molecule has 0 radical (unpaired) electrons. The highest BCUT2D eigenvalue weighted by atomic mass is 35.5. The summed E-state index contributed by atoms with van der Waals surface area (Å²) in [6.45, 7) is 7.83. The number of nitrogens with one attached hydrogen (secondary N) is 1. The summed E-state index contributed by atoms with van der Waals surface area (Å²) >= 11 is 12.4. The van der Waals surface area contributed by atoms with Gasteiger partial charge in [-0.15, -0.1) is 0 Å². The van der Waals surface area contributed by atoms with E-state index in [4.69, 9.17) is 27.9 Å². The summed E-state index contributed by atoms with van der Waals surface area (Å²) in [7, 11) is -4.17. The van der Waals surface area contributed by atoms with Crippen molar-refractivity contribution in [1.29, 1.82) is 0 Å². The van der Waals surface area contributed by atoms with E-state index in [0.29, 0.717) is 40.9 Å². The maximum absolute atomic E-state index is 14.1. The minimum Gasteiger partial charge on any atom is -0.494 e. The molecule has 42 heavy (non-hydrogen) atoms. The molecule has 0 aliphatic rings. The third kappa shape index (κ3) is 8.40. The molecule has 8 nitrogen and oxygen atoms in total. The van der Waals surface area contributed by atoms with Gasteiger partial charge in [0.25, 0.3) is 10.0 Å². The Labute approximate surface area is 258 Å². The molecule has 0 bridgehead atoms. The first-order chi connectivity index (χ1) is 20.0. The van der Waals surface area contributed by atoms with Crippen molar-refractivity contribution in [3.63, 3.8) is 0 Å². The number of hydrogen-bond acceptors (Lipinski definition) is 5. The van der Waals surface area contributed by atoms with Gasteiger partial charge in [0.1, 0.15) is 18.3 Å². The van der Waals surface area contributed by atoms with E-state index in [0.717, 1.165) is 16.3 Å². The van der Waals surface area contributed by atoms with Gasteiger partial charge < -0.3 is 15.0 Å². The summed E-state index contributed by atoms with van der Waals surface area (Å²) in [5.41, 5.74) is 1.83. The van der Waals surface area contributed by atoms with E-state index in [9.17, 15) is 18.0 Å². The summed E-state index contributed by atoms with van der Waals surface area (Å²) in [5, 5.41) is 3.53. The second kappa shape index (κ2) is 15.3. The number of rotatable bonds is 14. The Morgan fingerprint density at radius 3 is 2.17 bits per heavy atom. The lowest BCUT2D eigenvalue weighted by atomic mass is 10.1. The summed E-state index contributed by atoms with van der Waals surface area (Å²) in [6.07, 6.45) is 1.04. The standard InChI is InChI=1S/C31H37Cl2N3O5S/c1-5-18-34-31(38)29(6-2)35(20-23-10-17-27(32)28(33)19-23)30(37)21-36(24-11-13-25(14-12-24)41-7-3)42(39,40)26-15-8-22(4)9-16-26/h8-17,19,29H,5-7,18,20-21H2,1-4H3,(H,34,38)/t29-/m1/s1. The van der Waals surface area contributed by atoms with Crippen LogP contribution in [0.5, 0.6) is 5.75 Å². The Morgan fingerprint density at radius 1 is 0.929 bits per heavy atom. The molecule has 11 heteroatoms. The molecule has 0 heterocycles. The lowest BCUT2D eigenvalue weighted by Gasteiger charge is -2.33. The average Bonchev–Trinajstić information content (AvgIpc) is 2.97. The molecule has 3 rings (SSSR count). The van der Waals surface area contributed by atoms with E-state index < -0.39 is 28.5 Å². The van der Waals surface area contributed by atoms with Crippen LogP contribution in [0.1, 0.15) is 44.7 Å². The lowest BCUT2D eigenvalue weighted by Crippen LogP contribution is -2.52. The molecule has 3 aromatic carbocycles. The number of ether oxygens (including phenoxy) is 1. The highest BCUT2D eigenvalue weighted by Gasteiger charge is 2.33. The van der Waals surface area contributed by atoms with Gasteiger partial charge in [-0.25, -0.2) is 8.42 Å². The second-order valence-corrected chi connectivity index (χ2v) is 12.4. The number of carbonyl (C=O) groups excluding carboxylic acids is 2. The quantitative estimate of drug-likeness (QED) is 0.227. The van der Waals surface area contributed by atoms with E-state index in [1.165, 1.54) is 17.0 Å². The number of aryl methyl sites for hydroxylation is 1. The van der Waals surface area contributed by atoms with Crippen molar-refractivity contribution in [3.05, 3.63) is 87.9 Å². The van der Waals surface area contributed by atoms with E-state index in [1.807, 2.05) is 20.8 Å². The Balaban J connectivity index is 2.06. The molecule has 2 amide bonds. The van der Waals surface area contributed by atoms with Crippen molar-refractivity contribution < 1.29 is 22.7 Å². The van der Waals surface area contributed by atoms with Crippen molar-refractivity contribution >= 4 is 50.7 Å². The minimum atomic E-state index is -4.17. The molecule has 0 aliphatic heterocycles. The topological polar surface area (TPSA) is 96.0 Å². The zero-order valence-electron chi connectivity index (χ0n) is 24.3. The molecular formula is C31H37Cl2N3O5S. The maximum atomic E-state index is 14.1. The van der Waals surface area contributed by atoms with Crippen molar-refractivity contribution in [2.24, 2.45) is 0 Å². The summed E-state index contributed by atoms with van der Waals surface area (Å²) in [4.78, 5) is 28.8. The van der Waals surface area contributed by atoms with Crippen LogP contribution in [0.15, 0.2) is 71.6 Å². The molecule has 0 saturated heterocycles. The molecule has 3 aromatic rings. The van der Waals surface area contributed by atoms with Crippen LogP contribution >= 0.6 is 23.2 Å². The molecule has 0 unspecified atom stereocenters. The van der Waals surface area contributed by atoms with Gasteiger partial charge in [0.05, 0.1) is 27.2 Å². The maximum Gasteiger partial charge on any atom is 0.264 e.